The first-order chi connectivity index (χ1) is 11.6. The molecule has 2 amide bonds. The molecule has 0 aromatic heterocycles. The minimum absolute atomic E-state index is 0.256. The van der Waals surface area contributed by atoms with E-state index in [1.807, 2.05) is 31.2 Å². The molecule has 0 saturated carbocycles. The van der Waals surface area contributed by atoms with Gasteiger partial charge >= 0.3 is 0 Å². The molecule has 24 heavy (non-hydrogen) atoms. The number of carbonyl (C=O) groups excluding carboxylic acids is 2. The zero-order valence-electron chi connectivity index (χ0n) is 13.6. The van der Waals surface area contributed by atoms with Crippen molar-refractivity contribution < 1.29 is 9.59 Å². The minimum atomic E-state index is -0.290. The number of hydrogen-bond donors (Lipinski definition) is 2. The van der Waals surface area contributed by atoms with Crippen molar-refractivity contribution >= 4 is 23.6 Å². The van der Waals surface area contributed by atoms with Crippen LogP contribution in [0.4, 0.5) is 5.69 Å². The summed E-state index contributed by atoms with van der Waals surface area (Å²) in [7, 11) is 0. The van der Waals surface area contributed by atoms with Crippen LogP contribution in [0.25, 0.3) is 6.08 Å². The van der Waals surface area contributed by atoms with Gasteiger partial charge < -0.3 is 10.6 Å². The van der Waals surface area contributed by atoms with E-state index in [1.54, 1.807) is 36.4 Å². The van der Waals surface area contributed by atoms with Crippen LogP contribution in [0.5, 0.6) is 0 Å². The molecule has 0 aliphatic carbocycles. The molecule has 0 saturated heterocycles. The molecule has 4 heteroatoms. The summed E-state index contributed by atoms with van der Waals surface area (Å²) in [5.41, 5.74) is 2.95. The molecule has 0 unspecified atom stereocenters. The van der Waals surface area contributed by atoms with E-state index < -0.39 is 0 Å². The van der Waals surface area contributed by atoms with E-state index >= 15 is 0 Å². The second kappa shape index (κ2) is 8.48. The molecule has 0 aliphatic heterocycles. The lowest BCUT2D eigenvalue weighted by Gasteiger charge is -2.09. The molecule has 0 atom stereocenters. The Hall–Kier alpha value is -3.14. The maximum atomic E-state index is 12.1. The molecule has 0 heterocycles. The van der Waals surface area contributed by atoms with Crippen LogP contribution in [0, 0.1) is 6.92 Å². The van der Waals surface area contributed by atoms with Crippen LogP contribution in [-0.4, -0.2) is 18.4 Å². The van der Waals surface area contributed by atoms with Gasteiger partial charge in [0.15, 0.2) is 0 Å². The maximum absolute atomic E-state index is 12.1. The van der Waals surface area contributed by atoms with Crippen LogP contribution < -0.4 is 10.6 Å². The van der Waals surface area contributed by atoms with Crippen LogP contribution >= 0.6 is 0 Å². The largest absolute Gasteiger partial charge is 0.349 e. The Balaban J connectivity index is 2.10. The summed E-state index contributed by atoms with van der Waals surface area (Å²) in [5.74, 6) is -0.545. The van der Waals surface area contributed by atoms with Gasteiger partial charge in [-0.05, 0) is 36.3 Å². The highest BCUT2D eigenvalue weighted by Crippen LogP contribution is 2.15. The lowest BCUT2D eigenvalue weighted by molar-refractivity contribution is -0.111. The van der Waals surface area contributed by atoms with Gasteiger partial charge in [0.05, 0.1) is 11.3 Å². The van der Waals surface area contributed by atoms with E-state index in [4.69, 9.17) is 0 Å². The SMILES string of the molecule is C=CCNC(=O)c1ccccc1NC(=O)/C=C/c1ccccc1C. The van der Waals surface area contributed by atoms with Crippen molar-refractivity contribution in [3.05, 3.63) is 84.0 Å². The van der Waals surface area contributed by atoms with Gasteiger partial charge in [0.1, 0.15) is 0 Å². The Labute approximate surface area is 141 Å². The highest BCUT2D eigenvalue weighted by atomic mass is 16.2. The number of nitrogens with one attached hydrogen (secondary N) is 2. The molecule has 2 N–H and O–H groups in total. The molecule has 2 aromatic carbocycles. The highest BCUT2D eigenvalue weighted by molar-refractivity contribution is 6.07. The van der Waals surface area contributed by atoms with E-state index in [0.717, 1.165) is 11.1 Å². The van der Waals surface area contributed by atoms with Crippen molar-refractivity contribution in [2.45, 2.75) is 6.92 Å². The Morgan fingerprint density at radius 1 is 1.08 bits per heavy atom. The molecule has 2 rings (SSSR count). The van der Waals surface area contributed by atoms with E-state index in [9.17, 15) is 9.59 Å². The number of aryl methyl sites for hydroxylation is 1. The third-order valence-corrected chi connectivity index (χ3v) is 3.44. The third-order valence-electron chi connectivity index (χ3n) is 3.44. The topological polar surface area (TPSA) is 58.2 Å². The lowest BCUT2D eigenvalue weighted by atomic mass is 10.1. The van der Waals surface area contributed by atoms with Crippen LogP contribution in [0.1, 0.15) is 21.5 Å². The number of rotatable bonds is 6. The Morgan fingerprint density at radius 2 is 1.79 bits per heavy atom. The zero-order chi connectivity index (χ0) is 17.4. The van der Waals surface area contributed by atoms with Crippen molar-refractivity contribution in [2.24, 2.45) is 0 Å². The molecule has 122 valence electrons. The average molecular weight is 320 g/mol. The first-order valence-corrected chi connectivity index (χ1v) is 7.64. The summed E-state index contributed by atoms with van der Waals surface area (Å²) in [4.78, 5) is 24.2. The Bertz CT molecular complexity index is 779. The van der Waals surface area contributed by atoms with Crippen molar-refractivity contribution in [1.82, 2.24) is 5.32 Å². The average Bonchev–Trinajstić information content (AvgIpc) is 2.59. The maximum Gasteiger partial charge on any atom is 0.253 e. The molecule has 4 nitrogen and oxygen atoms in total. The van der Waals surface area contributed by atoms with Crippen molar-refractivity contribution in [2.75, 3.05) is 11.9 Å². The molecular formula is C20H20N2O2. The number of hydrogen-bond acceptors (Lipinski definition) is 2. The van der Waals surface area contributed by atoms with Crippen molar-refractivity contribution in [3.63, 3.8) is 0 Å². The molecule has 0 radical (unpaired) electrons. The monoisotopic (exact) mass is 320 g/mol. The van der Waals surface area contributed by atoms with Gasteiger partial charge in [0.2, 0.25) is 5.91 Å². The minimum Gasteiger partial charge on any atom is -0.349 e. The van der Waals surface area contributed by atoms with Gasteiger partial charge in [0.25, 0.3) is 5.91 Å². The van der Waals surface area contributed by atoms with E-state index in [1.165, 1.54) is 6.08 Å². The van der Waals surface area contributed by atoms with E-state index in [0.29, 0.717) is 17.8 Å². The van der Waals surface area contributed by atoms with Gasteiger partial charge in [-0.25, -0.2) is 0 Å². The van der Waals surface area contributed by atoms with Crippen LogP contribution in [0.15, 0.2) is 67.3 Å². The summed E-state index contributed by atoms with van der Waals surface area (Å²) < 4.78 is 0. The highest BCUT2D eigenvalue weighted by Gasteiger charge is 2.11. The van der Waals surface area contributed by atoms with Gasteiger partial charge in [-0.1, -0.05) is 42.5 Å². The summed E-state index contributed by atoms with van der Waals surface area (Å²) >= 11 is 0. The van der Waals surface area contributed by atoms with Crippen molar-refractivity contribution in [3.8, 4) is 0 Å². The van der Waals surface area contributed by atoms with Gasteiger partial charge in [-0.3, -0.25) is 9.59 Å². The fourth-order valence-corrected chi connectivity index (χ4v) is 2.16. The molecule has 0 bridgehead atoms. The standard InChI is InChI=1S/C20H20N2O2/c1-3-14-21-20(24)17-10-6-7-11-18(17)22-19(23)13-12-16-9-5-4-8-15(16)2/h3-13H,1,14H2,2H3,(H,21,24)(H,22,23)/b13-12+. The van der Waals surface area contributed by atoms with Crippen LogP contribution in [0.3, 0.4) is 0 Å². The zero-order valence-corrected chi connectivity index (χ0v) is 13.6. The van der Waals surface area contributed by atoms with Gasteiger partial charge in [-0.15, -0.1) is 6.58 Å². The molecule has 2 aromatic rings. The van der Waals surface area contributed by atoms with Gasteiger partial charge in [0, 0.05) is 12.6 Å². The van der Waals surface area contributed by atoms with E-state index in [-0.39, 0.29) is 11.8 Å². The summed E-state index contributed by atoms with van der Waals surface area (Å²) in [6.07, 6.45) is 4.82. The van der Waals surface area contributed by atoms with Crippen molar-refractivity contribution in [1.29, 1.82) is 0 Å². The first-order valence-electron chi connectivity index (χ1n) is 7.64. The summed E-state index contributed by atoms with van der Waals surface area (Å²) in [6, 6.07) is 14.7. The number of anilines is 1. The predicted molar refractivity (Wildman–Crippen MR) is 97.8 cm³/mol. The number of benzene rings is 2. The van der Waals surface area contributed by atoms with Gasteiger partial charge in [-0.2, -0.15) is 0 Å². The Kier molecular flexibility index (Phi) is 6.08. The smallest absolute Gasteiger partial charge is 0.253 e. The lowest BCUT2D eigenvalue weighted by Crippen LogP contribution is -2.24. The first kappa shape index (κ1) is 17.2. The van der Waals surface area contributed by atoms with Crippen LogP contribution in [0.2, 0.25) is 0 Å². The second-order valence-electron chi connectivity index (χ2n) is 5.22. The second-order valence-corrected chi connectivity index (χ2v) is 5.22. The van der Waals surface area contributed by atoms with Crippen LogP contribution in [-0.2, 0) is 4.79 Å². The fraction of sp³-hybridized carbons (Fsp3) is 0.100. The molecule has 0 fully saturated rings. The number of carbonyl (C=O) groups is 2. The number of para-hydroxylation sites is 1. The normalized spacial score (nSPS) is 10.4. The molecule has 0 spiro atoms. The Morgan fingerprint density at radius 3 is 2.54 bits per heavy atom. The fourth-order valence-electron chi connectivity index (χ4n) is 2.16. The molecular weight excluding hydrogens is 300 g/mol. The number of amides is 2. The third kappa shape index (κ3) is 4.68. The quantitative estimate of drug-likeness (QED) is 0.631. The summed E-state index contributed by atoms with van der Waals surface area (Å²) in [5, 5.41) is 5.45. The van der Waals surface area contributed by atoms with E-state index in [2.05, 4.69) is 17.2 Å². The summed E-state index contributed by atoms with van der Waals surface area (Å²) in [6.45, 7) is 5.92. The molecule has 0 aliphatic rings. The predicted octanol–water partition coefficient (Wildman–Crippen LogP) is 3.56.